The molecule has 0 amide bonds. The van der Waals surface area contributed by atoms with Crippen LogP contribution in [0.25, 0.3) is 11.1 Å². The lowest BCUT2D eigenvalue weighted by molar-refractivity contribution is -0.136. The van der Waals surface area contributed by atoms with E-state index in [2.05, 4.69) is 93.6 Å². The molecular formula is C38H43NO3. The number of benzene rings is 1. The predicted molar refractivity (Wildman–Crippen MR) is 172 cm³/mol. The van der Waals surface area contributed by atoms with E-state index in [0.717, 1.165) is 47.4 Å². The van der Waals surface area contributed by atoms with E-state index in [1.165, 1.54) is 33.4 Å². The highest BCUT2D eigenvalue weighted by molar-refractivity contribution is 5.88. The van der Waals surface area contributed by atoms with Gasteiger partial charge >= 0.3 is 5.97 Å². The van der Waals surface area contributed by atoms with E-state index < -0.39 is 5.97 Å². The Bertz CT molecular complexity index is 1550. The zero-order valence-corrected chi connectivity index (χ0v) is 25.8. The van der Waals surface area contributed by atoms with E-state index in [9.17, 15) is 9.90 Å². The molecule has 0 fully saturated rings. The van der Waals surface area contributed by atoms with Gasteiger partial charge in [-0.25, -0.2) is 0 Å². The number of carboxylic acid groups (broad SMARTS) is 1. The second kappa shape index (κ2) is 12.5. The van der Waals surface area contributed by atoms with Gasteiger partial charge in [-0.2, -0.15) is 0 Å². The molecule has 0 spiro atoms. The Morgan fingerprint density at radius 3 is 2.48 bits per heavy atom. The number of hydrogen-bond donors (Lipinski definition) is 1. The van der Waals surface area contributed by atoms with Gasteiger partial charge in [0.15, 0.2) is 0 Å². The topological polar surface area (TPSA) is 63.3 Å². The van der Waals surface area contributed by atoms with Crippen LogP contribution >= 0.6 is 0 Å². The summed E-state index contributed by atoms with van der Waals surface area (Å²) < 4.78 is 5.59. The van der Waals surface area contributed by atoms with Gasteiger partial charge in [-0.05, 0) is 97.1 Å². The minimum Gasteiger partial charge on any atom is -0.481 e. The van der Waals surface area contributed by atoms with Gasteiger partial charge in [0.25, 0.3) is 0 Å². The number of carbonyl (C=O) groups is 1. The largest absolute Gasteiger partial charge is 0.481 e. The molecule has 42 heavy (non-hydrogen) atoms. The summed E-state index contributed by atoms with van der Waals surface area (Å²) in [6, 6.07) is 8.14. The zero-order chi connectivity index (χ0) is 30.0. The summed E-state index contributed by atoms with van der Waals surface area (Å²) in [5, 5.41) is 13.6. The first kappa shape index (κ1) is 29.6. The van der Waals surface area contributed by atoms with E-state index in [1.807, 2.05) is 26.0 Å². The van der Waals surface area contributed by atoms with Crippen LogP contribution in [0.5, 0.6) is 0 Å². The molecule has 0 saturated carbocycles. The molecule has 1 N–H and O–H groups in total. The van der Waals surface area contributed by atoms with Crippen LogP contribution in [0.2, 0.25) is 0 Å². The molecule has 0 aliphatic heterocycles. The summed E-state index contributed by atoms with van der Waals surface area (Å²) in [7, 11) is 0. The van der Waals surface area contributed by atoms with E-state index >= 15 is 0 Å². The highest BCUT2D eigenvalue weighted by atomic mass is 16.5. The van der Waals surface area contributed by atoms with E-state index in [4.69, 9.17) is 4.52 Å². The molecule has 5 rings (SSSR count). The molecule has 1 aromatic carbocycles. The third-order valence-corrected chi connectivity index (χ3v) is 9.30. The molecule has 3 aliphatic carbocycles. The van der Waals surface area contributed by atoms with Crippen molar-refractivity contribution in [1.29, 1.82) is 0 Å². The molecule has 2 aromatic rings. The van der Waals surface area contributed by atoms with Crippen molar-refractivity contribution in [1.82, 2.24) is 5.16 Å². The molecule has 1 heterocycles. The first-order valence-electron chi connectivity index (χ1n) is 15.3. The number of aromatic nitrogens is 1. The number of allylic oxidation sites excluding steroid dienone is 14. The van der Waals surface area contributed by atoms with Gasteiger partial charge in [-0.15, -0.1) is 0 Å². The van der Waals surface area contributed by atoms with Crippen molar-refractivity contribution in [3.05, 3.63) is 123 Å². The smallest absolute Gasteiger partial charge is 0.307 e. The van der Waals surface area contributed by atoms with Crippen LogP contribution in [-0.4, -0.2) is 16.2 Å². The molecule has 0 radical (unpaired) electrons. The van der Waals surface area contributed by atoms with Crippen LogP contribution in [0.15, 0.2) is 99.7 Å². The first-order chi connectivity index (χ1) is 20.1. The van der Waals surface area contributed by atoms with Crippen LogP contribution in [0.4, 0.5) is 0 Å². The maximum absolute atomic E-state index is 11.4. The Balaban J connectivity index is 1.63. The van der Waals surface area contributed by atoms with Crippen molar-refractivity contribution < 1.29 is 14.4 Å². The third-order valence-electron chi connectivity index (χ3n) is 9.30. The summed E-state index contributed by atoms with van der Waals surface area (Å²) in [5.41, 5.74) is 11.9. The lowest BCUT2D eigenvalue weighted by atomic mass is 9.77. The number of hydrogen-bond acceptors (Lipinski definition) is 3. The normalized spacial score (nSPS) is 23.4. The standard InChI is InChI=1S/C38H43NO3/c1-23-11-18-35-32(21-33(19-23)38-27(5)39-42-28(38)6)17-16-31(26(4)34-10-8-7-9-24(2)25(34)3)22-36(35)30-14-12-29(13-15-30)20-37(40)41/h7-10,12-15,18-19,21-23,25-26,31H,11,16-17,20H2,1-6H3,(H,40,41). The summed E-state index contributed by atoms with van der Waals surface area (Å²) in [5.74, 6) is 1.52. The summed E-state index contributed by atoms with van der Waals surface area (Å²) in [6.07, 6.45) is 21.5. The second-order valence-corrected chi connectivity index (χ2v) is 12.3. The predicted octanol–water partition coefficient (Wildman–Crippen LogP) is 9.40. The molecule has 0 bridgehead atoms. The summed E-state index contributed by atoms with van der Waals surface area (Å²) in [6.45, 7) is 13.2. The van der Waals surface area contributed by atoms with Crippen LogP contribution in [0, 0.1) is 37.5 Å². The SMILES string of the molecule is CC1=CC=CC=C(C(C)C2C=C(c3ccc(CC(=O)O)cc3)C3=CCC(C)C=C(c4c(C)noc4C)C=C3CC2)C1C. The molecule has 4 unspecified atom stereocenters. The molecular weight excluding hydrogens is 518 g/mol. The average molecular weight is 562 g/mol. The Morgan fingerprint density at radius 1 is 1.05 bits per heavy atom. The minimum atomic E-state index is -0.810. The van der Waals surface area contributed by atoms with Gasteiger partial charge < -0.3 is 9.63 Å². The quantitative estimate of drug-likeness (QED) is 0.382. The lowest BCUT2D eigenvalue weighted by Gasteiger charge is -2.28. The highest BCUT2D eigenvalue weighted by Gasteiger charge is 2.29. The molecule has 0 saturated heterocycles. The Morgan fingerprint density at radius 2 is 1.79 bits per heavy atom. The molecule has 1 aromatic heterocycles. The summed E-state index contributed by atoms with van der Waals surface area (Å²) >= 11 is 0. The average Bonchev–Trinajstić information content (AvgIpc) is 3.07. The van der Waals surface area contributed by atoms with E-state index in [0.29, 0.717) is 23.7 Å². The molecule has 4 heteroatoms. The van der Waals surface area contributed by atoms with Crippen LogP contribution in [0.3, 0.4) is 0 Å². The van der Waals surface area contributed by atoms with Gasteiger partial charge in [-0.3, -0.25) is 4.79 Å². The van der Waals surface area contributed by atoms with Gasteiger partial charge in [0.05, 0.1) is 12.1 Å². The Hall–Kier alpha value is -3.92. The number of nitrogens with zero attached hydrogens (tertiary/aromatic N) is 1. The Labute approximate surface area is 250 Å². The first-order valence-corrected chi connectivity index (χ1v) is 15.3. The second-order valence-electron chi connectivity index (χ2n) is 12.3. The molecule has 3 aliphatic rings. The third kappa shape index (κ3) is 6.28. The van der Waals surface area contributed by atoms with Crippen molar-refractivity contribution >= 4 is 17.1 Å². The number of carboxylic acids is 1. The lowest BCUT2D eigenvalue weighted by Crippen LogP contribution is -2.17. The van der Waals surface area contributed by atoms with Crippen molar-refractivity contribution in [3.8, 4) is 0 Å². The van der Waals surface area contributed by atoms with Crippen LogP contribution < -0.4 is 0 Å². The minimum absolute atomic E-state index is 0.0301. The van der Waals surface area contributed by atoms with Crippen LogP contribution in [0.1, 0.15) is 75.1 Å². The number of rotatable bonds is 6. The highest BCUT2D eigenvalue weighted by Crippen LogP contribution is 2.44. The summed E-state index contributed by atoms with van der Waals surface area (Å²) in [4.78, 5) is 11.4. The van der Waals surface area contributed by atoms with Crippen molar-refractivity contribution in [2.75, 3.05) is 0 Å². The van der Waals surface area contributed by atoms with Gasteiger partial charge in [0.2, 0.25) is 0 Å². The maximum atomic E-state index is 11.4. The van der Waals surface area contributed by atoms with Crippen molar-refractivity contribution in [2.24, 2.45) is 23.7 Å². The molecule has 4 atom stereocenters. The van der Waals surface area contributed by atoms with E-state index in [1.54, 1.807) is 0 Å². The fourth-order valence-electron chi connectivity index (χ4n) is 6.71. The monoisotopic (exact) mass is 561 g/mol. The number of aliphatic carboxylic acids is 1. The van der Waals surface area contributed by atoms with Gasteiger partial charge in [-0.1, -0.05) is 110 Å². The fraction of sp³-hybridized carbons (Fsp3) is 0.368. The number of aryl methyl sites for hydroxylation is 2. The van der Waals surface area contributed by atoms with E-state index in [-0.39, 0.29) is 6.42 Å². The van der Waals surface area contributed by atoms with Gasteiger partial charge in [0.1, 0.15) is 5.76 Å². The molecule has 218 valence electrons. The zero-order valence-electron chi connectivity index (χ0n) is 25.8. The molecule has 4 nitrogen and oxygen atoms in total. The van der Waals surface area contributed by atoms with Crippen molar-refractivity contribution in [2.45, 2.75) is 67.2 Å². The number of fused-ring (bicyclic) bond motifs is 1. The fourth-order valence-corrected chi connectivity index (χ4v) is 6.71. The maximum Gasteiger partial charge on any atom is 0.307 e. The van der Waals surface area contributed by atoms with Crippen LogP contribution in [-0.2, 0) is 11.2 Å². The Kier molecular flexibility index (Phi) is 8.82. The van der Waals surface area contributed by atoms with Gasteiger partial charge in [0, 0.05) is 5.56 Å². The van der Waals surface area contributed by atoms with Crippen molar-refractivity contribution in [3.63, 3.8) is 0 Å².